The Bertz CT molecular complexity index is 932. The maximum Gasteiger partial charge on any atom is 0.303 e. The second-order valence-corrected chi connectivity index (χ2v) is 5.29. The molecule has 3 aromatic rings. The first-order chi connectivity index (χ1) is 12.5. The third-order valence-electron chi connectivity index (χ3n) is 3.14. The molecule has 3 aromatic heterocycles. The Labute approximate surface area is 148 Å². The van der Waals surface area contributed by atoms with Crippen LogP contribution in [0, 0.1) is 0 Å². The first kappa shape index (κ1) is 17.1. The van der Waals surface area contributed by atoms with E-state index in [1.165, 1.54) is 24.1 Å². The van der Waals surface area contributed by atoms with Crippen molar-refractivity contribution in [2.45, 2.75) is 6.92 Å². The van der Waals surface area contributed by atoms with E-state index in [1.807, 2.05) is 13.2 Å². The van der Waals surface area contributed by atoms with Crippen molar-refractivity contribution in [2.75, 3.05) is 17.2 Å². The topological polar surface area (TPSA) is 129 Å². The number of carbonyl (C=O) groups excluding carboxylic acids is 2. The van der Waals surface area contributed by atoms with Gasteiger partial charge in [-0.2, -0.15) is 10.2 Å². The van der Waals surface area contributed by atoms with Crippen LogP contribution in [0.4, 0.5) is 17.2 Å². The second kappa shape index (κ2) is 7.42. The van der Waals surface area contributed by atoms with E-state index in [0.29, 0.717) is 17.3 Å². The van der Waals surface area contributed by atoms with E-state index in [0.717, 1.165) is 5.69 Å². The van der Waals surface area contributed by atoms with Crippen molar-refractivity contribution in [3.63, 3.8) is 0 Å². The van der Waals surface area contributed by atoms with Crippen LogP contribution in [0.15, 0.2) is 37.2 Å². The van der Waals surface area contributed by atoms with Crippen LogP contribution in [0.2, 0.25) is 0 Å². The van der Waals surface area contributed by atoms with Gasteiger partial charge in [0.2, 0.25) is 0 Å². The molecular formula is C15H16N8O3. The van der Waals surface area contributed by atoms with Crippen LogP contribution in [0.3, 0.4) is 0 Å². The fraction of sp³-hybridized carbons (Fsp3) is 0.200. The molecule has 0 saturated carbocycles. The average Bonchev–Trinajstić information content (AvgIpc) is 3.22. The predicted octanol–water partition coefficient (Wildman–Crippen LogP) is 0.641. The second-order valence-electron chi connectivity index (χ2n) is 5.29. The van der Waals surface area contributed by atoms with E-state index in [2.05, 4.69) is 35.5 Å². The molecule has 11 nitrogen and oxygen atoms in total. The Morgan fingerprint density at radius 3 is 2.69 bits per heavy atom. The first-order valence-electron chi connectivity index (χ1n) is 7.55. The van der Waals surface area contributed by atoms with Gasteiger partial charge in [-0.25, -0.2) is 14.6 Å². The third kappa shape index (κ3) is 4.41. The minimum atomic E-state index is -0.523. The maximum atomic E-state index is 11.7. The minimum absolute atomic E-state index is 0.354. The molecule has 3 rings (SSSR count). The summed E-state index contributed by atoms with van der Waals surface area (Å²) in [6.07, 6.45) is 7.93. The number of hydrogen-bond donors (Lipinski definition) is 2. The van der Waals surface area contributed by atoms with Gasteiger partial charge in [0, 0.05) is 26.2 Å². The fourth-order valence-corrected chi connectivity index (χ4v) is 2.05. The summed E-state index contributed by atoms with van der Waals surface area (Å²) in [6, 6.07) is 1.70. The molecule has 26 heavy (non-hydrogen) atoms. The molecule has 2 N–H and O–H groups in total. The van der Waals surface area contributed by atoms with Crippen molar-refractivity contribution in [1.29, 1.82) is 0 Å². The van der Waals surface area contributed by atoms with Crippen molar-refractivity contribution >= 4 is 29.1 Å². The third-order valence-corrected chi connectivity index (χ3v) is 3.14. The Morgan fingerprint density at radius 2 is 1.96 bits per heavy atom. The minimum Gasteiger partial charge on any atom is -0.456 e. The Balaban J connectivity index is 1.68. The van der Waals surface area contributed by atoms with Crippen molar-refractivity contribution in [2.24, 2.45) is 7.05 Å². The summed E-state index contributed by atoms with van der Waals surface area (Å²) in [4.78, 5) is 30.7. The van der Waals surface area contributed by atoms with E-state index < -0.39 is 11.9 Å². The van der Waals surface area contributed by atoms with E-state index in [-0.39, 0.29) is 6.61 Å². The molecule has 0 radical (unpaired) electrons. The van der Waals surface area contributed by atoms with Crippen LogP contribution in [0.5, 0.6) is 0 Å². The summed E-state index contributed by atoms with van der Waals surface area (Å²) < 4.78 is 7.78. The molecule has 0 spiro atoms. The SMILES string of the molecule is CC(=O)OCC(=O)Nc1cnn(-c2cc(Nc3cnn(C)c3)ncn2)c1. The van der Waals surface area contributed by atoms with Gasteiger partial charge in [-0.3, -0.25) is 14.3 Å². The molecule has 0 bridgehead atoms. The highest BCUT2D eigenvalue weighted by Gasteiger charge is 2.09. The van der Waals surface area contributed by atoms with E-state index in [4.69, 9.17) is 0 Å². The Morgan fingerprint density at radius 1 is 1.15 bits per heavy atom. The molecule has 0 aliphatic rings. The molecule has 0 aliphatic carbocycles. The standard InChI is InChI=1S/C15H16N8O3/c1-10(24)26-8-15(25)21-12-5-19-23(7-12)14-3-13(16-9-17-14)20-11-4-18-22(2)6-11/h3-7,9H,8H2,1-2H3,(H,21,25)(H,16,17,20). The van der Waals surface area contributed by atoms with Crippen molar-refractivity contribution < 1.29 is 14.3 Å². The summed E-state index contributed by atoms with van der Waals surface area (Å²) in [7, 11) is 1.82. The molecule has 0 atom stereocenters. The number of hydrogen-bond acceptors (Lipinski definition) is 8. The summed E-state index contributed by atoms with van der Waals surface area (Å²) in [5.74, 6) is 0.0951. The monoisotopic (exact) mass is 356 g/mol. The highest BCUT2D eigenvalue weighted by Crippen LogP contribution is 2.16. The van der Waals surface area contributed by atoms with Gasteiger partial charge in [0.05, 0.1) is 30.0 Å². The number of aryl methyl sites for hydroxylation is 1. The molecule has 0 fully saturated rings. The number of nitrogens with zero attached hydrogens (tertiary/aromatic N) is 6. The molecule has 11 heteroatoms. The van der Waals surface area contributed by atoms with Gasteiger partial charge in [-0.15, -0.1) is 0 Å². The molecule has 0 aromatic carbocycles. The molecule has 3 heterocycles. The van der Waals surface area contributed by atoms with Gasteiger partial charge in [0.15, 0.2) is 12.4 Å². The highest BCUT2D eigenvalue weighted by atomic mass is 16.5. The molecule has 0 saturated heterocycles. The number of rotatable bonds is 6. The number of nitrogens with one attached hydrogen (secondary N) is 2. The maximum absolute atomic E-state index is 11.7. The average molecular weight is 356 g/mol. The zero-order valence-corrected chi connectivity index (χ0v) is 14.1. The number of amides is 1. The largest absolute Gasteiger partial charge is 0.456 e. The lowest BCUT2D eigenvalue weighted by Gasteiger charge is -2.05. The van der Waals surface area contributed by atoms with Crippen molar-refractivity contribution in [1.82, 2.24) is 29.5 Å². The van der Waals surface area contributed by atoms with Crippen LogP contribution >= 0.6 is 0 Å². The lowest BCUT2D eigenvalue weighted by Crippen LogP contribution is -2.19. The number of aromatic nitrogens is 6. The van der Waals surface area contributed by atoms with E-state index in [1.54, 1.807) is 23.1 Å². The van der Waals surface area contributed by atoms with E-state index >= 15 is 0 Å². The van der Waals surface area contributed by atoms with Gasteiger partial charge in [-0.1, -0.05) is 0 Å². The normalized spacial score (nSPS) is 10.4. The Hall–Kier alpha value is -3.76. The molecule has 134 valence electrons. The lowest BCUT2D eigenvalue weighted by atomic mass is 10.4. The summed E-state index contributed by atoms with van der Waals surface area (Å²) >= 11 is 0. The highest BCUT2D eigenvalue weighted by molar-refractivity contribution is 5.92. The van der Waals surface area contributed by atoms with Gasteiger partial charge in [-0.05, 0) is 0 Å². The Kier molecular flexibility index (Phi) is 4.87. The number of esters is 1. The quantitative estimate of drug-likeness (QED) is 0.616. The lowest BCUT2D eigenvalue weighted by molar-refractivity contribution is -0.144. The van der Waals surface area contributed by atoms with Crippen LogP contribution in [-0.2, 0) is 21.4 Å². The van der Waals surface area contributed by atoms with E-state index in [9.17, 15) is 9.59 Å². The van der Waals surface area contributed by atoms with Crippen LogP contribution in [-0.4, -0.2) is 48.0 Å². The van der Waals surface area contributed by atoms with Crippen LogP contribution in [0.25, 0.3) is 5.82 Å². The summed E-state index contributed by atoms with van der Waals surface area (Å²) in [6.45, 7) is 0.880. The number of carbonyl (C=O) groups is 2. The van der Waals surface area contributed by atoms with Crippen LogP contribution < -0.4 is 10.6 Å². The smallest absolute Gasteiger partial charge is 0.303 e. The van der Waals surface area contributed by atoms with Gasteiger partial charge >= 0.3 is 5.97 Å². The van der Waals surface area contributed by atoms with Gasteiger partial charge in [0.1, 0.15) is 12.1 Å². The fourth-order valence-electron chi connectivity index (χ4n) is 2.05. The van der Waals surface area contributed by atoms with Crippen molar-refractivity contribution in [3.8, 4) is 5.82 Å². The summed E-state index contributed by atoms with van der Waals surface area (Å²) in [5.41, 5.74) is 1.23. The molecule has 0 unspecified atom stereocenters. The zero-order valence-electron chi connectivity index (χ0n) is 14.1. The molecule has 1 amide bonds. The molecule has 0 aliphatic heterocycles. The number of ether oxygens (including phenoxy) is 1. The first-order valence-corrected chi connectivity index (χ1v) is 7.55. The number of anilines is 3. The zero-order chi connectivity index (χ0) is 18.5. The van der Waals surface area contributed by atoms with Gasteiger partial charge < -0.3 is 15.4 Å². The molecular weight excluding hydrogens is 340 g/mol. The predicted molar refractivity (Wildman–Crippen MR) is 90.9 cm³/mol. The van der Waals surface area contributed by atoms with Gasteiger partial charge in [0.25, 0.3) is 5.91 Å². The summed E-state index contributed by atoms with van der Waals surface area (Å²) in [5, 5.41) is 13.9. The van der Waals surface area contributed by atoms with Crippen molar-refractivity contribution in [3.05, 3.63) is 37.2 Å². The van der Waals surface area contributed by atoms with Crippen LogP contribution in [0.1, 0.15) is 6.92 Å².